The van der Waals surface area contributed by atoms with Gasteiger partial charge < -0.3 is 15.0 Å². The summed E-state index contributed by atoms with van der Waals surface area (Å²) in [5.41, 5.74) is 1.05. The zero-order valence-electron chi connectivity index (χ0n) is 14.9. The van der Waals surface area contributed by atoms with Crippen LogP contribution in [0, 0.1) is 5.82 Å². The lowest BCUT2D eigenvalue weighted by atomic mass is 10.1. The summed E-state index contributed by atoms with van der Waals surface area (Å²) in [6.07, 6.45) is 2.92. The summed E-state index contributed by atoms with van der Waals surface area (Å²) >= 11 is 0. The van der Waals surface area contributed by atoms with Crippen molar-refractivity contribution in [1.82, 2.24) is 4.90 Å². The number of ether oxygens (including phenoxy) is 1. The molecule has 140 valence electrons. The second kappa shape index (κ2) is 8.49. The van der Waals surface area contributed by atoms with Crippen LogP contribution in [0.3, 0.4) is 0 Å². The minimum Gasteiger partial charge on any atom is -0.491 e. The van der Waals surface area contributed by atoms with E-state index in [0.717, 1.165) is 12.8 Å². The molecule has 5 nitrogen and oxygen atoms in total. The molecule has 0 spiro atoms. The number of hydrogen-bond acceptors (Lipinski definition) is 3. The summed E-state index contributed by atoms with van der Waals surface area (Å²) in [5.74, 6) is -0.172. The van der Waals surface area contributed by atoms with Crippen LogP contribution in [0.15, 0.2) is 61.2 Å². The number of nitrogens with one attached hydrogen (secondary N) is 1. The van der Waals surface area contributed by atoms with Crippen molar-refractivity contribution < 1.29 is 18.7 Å². The summed E-state index contributed by atoms with van der Waals surface area (Å²) in [6.45, 7) is 4.42. The van der Waals surface area contributed by atoms with Crippen LogP contribution in [0.2, 0.25) is 0 Å². The largest absolute Gasteiger partial charge is 0.491 e. The molecule has 1 aliphatic heterocycles. The topological polar surface area (TPSA) is 58.6 Å². The maximum Gasteiger partial charge on any atom is 0.254 e. The van der Waals surface area contributed by atoms with Gasteiger partial charge in [0.25, 0.3) is 5.91 Å². The van der Waals surface area contributed by atoms with Crippen LogP contribution < -0.4 is 10.1 Å². The van der Waals surface area contributed by atoms with Gasteiger partial charge in [-0.3, -0.25) is 9.59 Å². The molecule has 1 heterocycles. The number of rotatable bonds is 6. The van der Waals surface area contributed by atoms with Gasteiger partial charge in [0.1, 0.15) is 18.2 Å². The molecule has 2 amide bonds. The van der Waals surface area contributed by atoms with Crippen molar-refractivity contribution in [1.29, 1.82) is 0 Å². The van der Waals surface area contributed by atoms with Gasteiger partial charge in [-0.25, -0.2) is 4.39 Å². The van der Waals surface area contributed by atoms with E-state index in [0.29, 0.717) is 30.2 Å². The van der Waals surface area contributed by atoms with Gasteiger partial charge in [0.2, 0.25) is 5.91 Å². The predicted octanol–water partition coefficient (Wildman–Crippen LogP) is 3.63. The van der Waals surface area contributed by atoms with Gasteiger partial charge in [-0.05, 0) is 61.4 Å². The van der Waals surface area contributed by atoms with Crippen molar-refractivity contribution in [2.45, 2.75) is 18.9 Å². The molecule has 1 fully saturated rings. The van der Waals surface area contributed by atoms with E-state index in [1.807, 2.05) is 0 Å². The number of hydrogen-bond donors (Lipinski definition) is 1. The minimum atomic E-state index is -0.327. The summed E-state index contributed by atoms with van der Waals surface area (Å²) in [7, 11) is 0. The number of anilines is 1. The Morgan fingerprint density at radius 1 is 1.26 bits per heavy atom. The molecule has 6 heteroatoms. The monoisotopic (exact) mass is 368 g/mol. The van der Waals surface area contributed by atoms with Gasteiger partial charge in [0.05, 0.1) is 6.04 Å². The highest BCUT2D eigenvalue weighted by molar-refractivity contribution is 6.00. The van der Waals surface area contributed by atoms with Crippen LogP contribution in [-0.4, -0.2) is 35.9 Å². The van der Waals surface area contributed by atoms with Crippen molar-refractivity contribution in [2.24, 2.45) is 0 Å². The molecule has 0 aliphatic carbocycles. The summed E-state index contributed by atoms with van der Waals surface area (Å²) < 4.78 is 18.7. The van der Waals surface area contributed by atoms with Gasteiger partial charge in [-0.15, -0.1) is 0 Å². The summed E-state index contributed by atoms with van der Waals surface area (Å²) in [6, 6.07) is 12.6. The van der Waals surface area contributed by atoms with E-state index < -0.39 is 0 Å². The zero-order chi connectivity index (χ0) is 19.2. The Morgan fingerprint density at radius 3 is 2.78 bits per heavy atom. The summed E-state index contributed by atoms with van der Waals surface area (Å²) in [5, 5.41) is 2.66. The number of benzene rings is 2. The van der Waals surface area contributed by atoms with Gasteiger partial charge >= 0.3 is 0 Å². The van der Waals surface area contributed by atoms with Crippen molar-refractivity contribution in [3.63, 3.8) is 0 Å². The van der Waals surface area contributed by atoms with E-state index in [1.165, 1.54) is 18.2 Å². The molecule has 27 heavy (non-hydrogen) atoms. The first-order valence-corrected chi connectivity index (χ1v) is 8.79. The standard InChI is InChI=1S/C21H21FN2O3/c1-2-20(25)23-17-6-3-5-15(13-17)21(26)24-12-4-7-18(24)14-27-19-10-8-16(22)9-11-19/h2-3,5-6,8-11,13,18H,1,4,7,12,14H2,(H,23,25)/t18-/m0/s1. The maximum atomic E-state index is 13.0. The van der Waals surface area contributed by atoms with Crippen molar-refractivity contribution >= 4 is 17.5 Å². The highest BCUT2D eigenvalue weighted by Crippen LogP contribution is 2.23. The number of carbonyl (C=O) groups is 2. The average molecular weight is 368 g/mol. The second-order valence-electron chi connectivity index (χ2n) is 6.33. The molecule has 0 aromatic heterocycles. The maximum absolute atomic E-state index is 13.0. The molecule has 2 aromatic rings. The normalized spacial score (nSPS) is 16.0. The Balaban J connectivity index is 1.66. The third-order valence-corrected chi connectivity index (χ3v) is 4.46. The second-order valence-corrected chi connectivity index (χ2v) is 6.33. The van der Waals surface area contributed by atoms with Crippen LogP contribution in [0.1, 0.15) is 23.2 Å². The number of amides is 2. The first-order valence-electron chi connectivity index (χ1n) is 8.79. The van der Waals surface area contributed by atoms with Gasteiger partial charge in [0.15, 0.2) is 0 Å². The van der Waals surface area contributed by atoms with Crippen LogP contribution in [0.4, 0.5) is 10.1 Å². The predicted molar refractivity (Wildman–Crippen MR) is 101 cm³/mol. The van der Waals surface area contributed by atoms with E-state index in [4.69, 9.17) is 4.74 Å². The van der Waals surface area contributed by atoms with Crippen molar-refractivity contribution in [3.05, 3.63) is 72.6 Å². The van der Waals surface area contributed by atoms with Crippen molar-refractivity contribution in [3.8, 4) is 5.75 Å². The van der Waals surface area contributed by atoms with Crippen LogP contribution in [0.5, 0.6) is 5.75 Å². The third-order valence-electron chi connectivity index (χ3n) is 4.46. The molecule has 1 aliphatic rings. The lowest BCUT2D eigenvalue weighted by Gasteiger charge is -2.25. The molecule has 1 atom stereocenters. The van der Waals surface area contributed by atoms with Crippen LogP contribution in [0.25, 0.3) is 0 Å². The molecule has 1 N–H and O–H groups in total. The molecule has 3 rings (SSSR count). The van der Waals surface area contributed by atoms with E-state index in [9.17, 15) is 14.0 Å². The summed E-state index contributed by atoms with van der Waals surface area (Å²) in [4.78, 5) is 26.1. The number of halogens is 1. The highest BCUT2D eigenvalue weighted by atomic mass is 19.1. The Bertz CT molecular complexity index is 836. The average Bonchev–Trinajstić information content (AvgIpc) is 3.15. The molecule has 2 aromatic carbocycles. The molecular weight excluding hydrogens is 347 g/mol. The van der Waals surface area contributed by atoms with Crippen molar-refractivity contribution in [2.75, 3.05) is 18.5 Å². The Kier molecular flexibility index (Phi) is 5.86. The molecule has 0 saturated carbocycles. The Morgan fingerprint density at radius 2 is 2.04 bits per heavy atom. The van der Waals surface area contributed by atoms with E-state index in [-0.39, 0.29) is 23.7 Å². The fourth-order valence-electron chi connectivity index (χ4n) is 3.09. The fraction of sp³-hybridized carbons (Fsp3) is 0.238. The lowest BCUT2D eigenvalue weighted by Crippen LogP contribution is -2.39. The van der Waals surface area contributed by atoms with Gasteiger partial charge in [-0.2, -0.15) is 0 Å². The highest BCUT2D eigenvalue weighted by Gasteiger charge is 2.30. The molecule has 0 bridgehead atoms. The van der Waals surface area contributed by atoms with E-state index in [1.54, 1.807) is 41.3 Å². The first-order chi connectivity index (χ1) is 13.1. The number of likely N-dealkylation sites (tertiary alicyclic amines) is 1. The van der Waals surface area contributed by atoms with E-state index >= 15 is 0 Å². The quantitative estimate of drug-likeness (QED) is 0.792. The van der Waals surface area contributed by atoms with Gasteiger partial charge in [0, 0.05) is 17.8 Å². The number of carbonyl (C=O) groups excluding carboxylic acids is 2. The third kappa shape index (κ3) is 4.73. The molecule has 1 saturated heterocycles. The number of nitrogens with zero attached hydrogens (tertiary/aromatic N) is 1. The smallest absolute Gasteiger partial charge is 0.254 e. The fourth-order valence-corrected chi connectivity index (χ4v) is 3.09. The van der Waals surface area contributed by atoms with Crippen LogP contribution >= 0.6 is 0 Å². The molecule has 0 radical (unpaired) electrons. The lowest BCUT2D eigenvalue weighted by molar-refractivity contribution is -0.111. The van der Waals surface area contributed by atoms with E-state index in [2.05, 4.69) is 11.9 Å². The zero-order valence-corrected chi connectivity index (χ0v) is 14.9. The van der Waals surface area contributed by atoms with Crippen LogP contribution in [-0.2, 0) is 4.79 Å². The molecular formula is C21H21FN2O3. The van der Waals surface area contributed by atoms with Gasteiger partial charge in [-0.1, -0.05) is 12.6 Å². The molecule has 0 unspecified atom stereocenters. The first kappa shape index (κ1) is 18.6. The SMILES string of the molecule is C=CC(=O)Nc1cccc(C(=O)N2CCC[C@H]2COc2ccc(F)cc2)c1. The Labute approximate surface area is 157 Å². The Hall–Kier alpha value is -3.15. The minimum absolute atomic E-state index is 0.0472.